The van der Waals surface area contributed by atoms with Gasteiger partial charge >= 0.3 is 0 Å². The largest absolute Gasteiger partial charge is 0.185 e. The molecule has 0 rings (SSSR count). The second-order valence-electron chi connectivity index (χ2n) is 2.70. The van der Waals surface area contributed by atoms with Gasteiger partial charge in [-0.3, -0.25) is 0 Å². The van der Waals surface area contributed by atoms with E-state index >= 15 is 0 Å². The molecular weight excluding hydrogens is 130 g/mol. The van der Waals surface area contributed by atoms with Crippen molar-refractivity contribution >= 4 is 11.8 Å². The van der Waals surface area contributed by atoms with Gasteiger partial charge in [-0.1, -0.05) is 13.3 Å². The molecule has 0 aliphatic carbocycles. The Balaban J connectivity index is 3.59. The van der Waals surface area contributed by atoms with Crippen molar-refractivity contribution in [1.82, 2.24) is 0 Å². The normalized spacial score (nSPS) is 10.9. The summed E-state index contributed by atoms with van der Waals surface area (Å²) in [6.07, 6.45) is 2.27. The topological polar surface area (TPSA) is 23.8 Å². The second-order valence-corrected chi connectivity index (χ2v) is 4.19. The summed E-state index contributed by atoms with van der Waals surface area (Å²) in [5.41, 5.74) is 0. The Morgan fingerprint density at radius 2 is 2.11 bits per heavy atom. The van der Waals surface area contributed by atoms with Crippen LogP contribution in [0.5, 0.6) is 0 Å². The lowest BCUT2D eigenvalue weighted by molar-refractivity contribution is 0.629. The third-order valence-electron chi connectivity index (χ3n) is 1.17. The molecule has 0 radical (unpaired) electrons. The molecule has 0 amide bonds. The average Bonchev–Trinajstić information content (AvgIpc) is 1.64. The third-order valence-corrected chi connectivity index (χ3v) is 2.02. The van der Waals surface area contributed by atoms with E-state index in [1.165, 1.54) is 11.8 Å². The van der Waals surface area contributed by atoms with Gasteiger partial charge < -0.3 is 0 Å². The molecule has 9 heavy (non-hydrogen) atoms. The van der Waals surface area contributed by atoms with E-state index < -0.39 is 0 Å². The molecule has 52 valence electrons. The second kappa shape index (κ2) is 3.79. The predicted octanol–water partition coefficient (Wildman–Crippen LogP) is 2.78. The van der Waals surface area contributed by atoms with Gasteiger partial charge in [-0.2, -0.15) is 5.26 Å². The van der Waals surface area contributed by atoms with Gasteiger partial charge in [-0.05, 0) is 32.0 Å². The molecule has 0 aromatic rings. The van der Waals surface area contributed by atoms with Gasteiger partial charge in [-0.15, -0.1) is 0 Å². The fourth-order valence-electron chi connectivity index (χ4n) is 0.777. The minimum atomic E-state index is 0.156. The molecule has 0 saturated heterocycles. The first-order valence-electron chi connectivity index (χ1n) is 3.19. The number of thioether (sulfide) groups is 1. The van der Waals surface area contributed by atoms with E-state index in [0.717, 1.165) is 12.8 Å². The van der Waals surface area contributed by atoms with Crippen LogP contribution >= 0.6 is 11.8 Å². The van der Waals surface area contributed by atoms with E-state index in [1.54, 1.807) is 0 Å². The van der Waals surface area contributed by atoms with Crippen LogP contribution in [0.25, 0.3) is 0 Å². The highest BCUT2D eigenvalue weighted by molar-refractivity contribution is 8.04. The van der Waals surface area contributed by atoms with Gasteiger partial charge in [0.05, 0.1) is 0 Å². The smallest absolute Gasteiger partial charge is 0.133 e. The average molecular weight is 143 g/mol. The van der Waals surface area contributed by atoms with E-state index in [-0.39, 0.29) is 4.75 Å². The first-order chi connectivity index (χ1) is 4.12. The highest BCUT2D eigenvalue weighted by Crippen LogP contribution is 2.27. The molecular formula is C7H13NS. The van der Waals surface area contributed by atoms with Gasteiger partial charge in [0.1, 0.15) is 5.40 Å². The van der Waals surface area contributed by atoms with E-state index in [2.05, 4.69) is 26.2 Å². The van der Waals surface area contributed by atoms with Crippen LogP contribution < -0.4 is 0 Å². The van der Waals surface area contributed by atoms with Gasteiger partial charge in [-0.25, -0.2) is 0 Å². The fraction of sp³-hybridized carbons (Fsp3) is 0.857. The molecule has 0 spiro atoms. The van der Waals surface area contributed by atoms with Crippen molar-refractivity contribution < 1.29 is 0 Å². The number of thiocyanates is 1. The van der Waals surface area contributed by atoms with Crippen LogP contribution in [0, 0.1) is 10.7 Å². The maximum atomic E-state index is 8.34. The minimum absolute atomic E-state index is 0.156. The Kier molecular flexibility index (Phi) is 3.72. The Morgan fingerprint density at radius 3 is 2.44 bits per heavy atom. The van der Waals surface area contributed by atoms with Crippen molar-refractivity contribution in [2.45, 2.75) is 38.4 Å². The Morgan fingerprint density at radius 1 is 1.56 bits per heavy atom. The molecule has 0 aliphatic rings. The Bertz CT molecular complexity index is 113. The molecule has 0 aliphatic heterocycles. The van der Waals surface area contributed by atoms with Gasteiger partial charge in [0.2, 0.25) is 0 Å². The Hall–Kier alpha value is -0.160. The highest BCUT2D eigenvalue weighted by atomic mass is 32.2. The van der Waals surface area contributed by atoms with Crippen LogP contribution in [0.15, 0.2) is 0 Å². The van der Waals surface area contributed by atoms with Crippen molar-refractivity contribution in [3.05, 3.63) is 0 Å². The lowest BCUT2D eigenvalue weighted by Crippen LogP contribution is -2.12. The lowest BCUT2D eigenvalue weighted by atomic mass is 10.1. The third kappa shape index (κ3) is 4.35. The zero-order chi connectivity index (χ0) is 7.33. The number of hydrogen-bond donors (Lipinski definition) is 0. The highest BCUT2D eigenvalue weighted by Gasteiger charge is 2.16. The van der Waals surface area contributed by atoms with Crippen LogP contribution in [0.1, 0.15) is 33.6 Å². The predicted molar refractivity (Wildman–Crippen MR) is 42.2 cm³/mol. The van der Waals surface area contributed by atoms with Crippen LogP contribution in [-0.2, 0) is 0 Å². The summed E-state index contributed by atoms with van der Waals surface area (Å²) in [6.45, 7) is 6.34. The van der Waals surface area contributed by atoms with E-state index in [4.69, 9.17) is 5.26 Å². The number of nitriles is 1. The Labute approximate surface area is 61.4 Å². The van der Waals surface area contributed by atoms with Gasteiger partial charge in [0.15, 0.2) is 0 Å². The van der Waals surface area contributed by atoms with Gasteiger partial charge in [0.25, 0.3) is 0 Å². The summed E-state index contributed by atoms with van der Waals surface area (Å²) in [6, 6.07) is 0. The minimum Gasteiger partial charge on any atom is -0.185 e. The zero-order valence-corrected chi connectivity index (χ0v) is 7.09. The maximum absolute atomic E-state index is 8.34. The molecule has 0 unspecified atom stereocenters. The van der Waals surface area contributed by atoms with Crippen molar-refractivity contribution in [2.75, 3.05) is 0 Å². The monoisotopic (exact) mass is 143 g/mol. The quantitative estimate of drug-likeness (QED) is 0.567. The van der Waals surface area contributed by atoms with Crippen LogP contribution in [-0.4, -0.2) is 4.75 Å². The molecule has 0 saturated carbocycles. The summed E-state index contributed by atoms with van der Waals surface area (Å²) < 4.78 is 0.156. The molecule has 0 N–H and O–H groups in total. The summed E-state index contributed by atoms with van der Waals surface area (Å²) in [5, 5.41) is 10.5. The molecule has 0 bridgehead atoms. The summed E-state index contributed by atoms with van der Waals surface area (Å²) in [7, 11) is 0. The van der Waals surface area contributed by atoms with Crippen molar-refractivity contribution in [3.8, 4) is 5.40 Å². The standard InChI is InChI=1S/C7H13NS/c1-4-5-7(2,3)9-6-8/h4-5H2,1-3H3. The zero-order valence-electron chi connectivity index (χ0n) is 6.27. The summed E-state index contributed by atoms with van der Waals surface area (Å²) in [5.74, 6) is 0. The number of rotatable bonds is 3. The molecule has 2 heteroatoms. The lowest BCUT2D eigenvalue weighted by Gasteiger charge is -2.17. The molecule has 0 aromatic heterocycles. The van der Waals surface area contributed by atoms with Crippen LogP contribution in [0.3, 0.4) is 0 Å². The molecule has 0 fully saturated rings. The first-order valence-corrected chi connectivity index (χ1v) is 4.01. The first kappa shape index (κ1) is 8.84. The summed E-state index contributed by atoms with van der Waals surface area (Å²) >= 11 is 1.36. The van der Waals surface area contributed by atoms with Crippen molar-refractivity contribution in [3.63, 3.8) is 0 Å². The number of hydrogen-bond acceptors (Lipinski definition) is 2. The summed E-state index contributed by atoms with van der Waals surface area (Å²) in [4.78, 5) is 0. The fourth-order valence-corrected chi connectivity index (χ4v) is 1.33. The van der Waals surface area contributed by atoms with Gasteiger partial charge in [0, 0.05) is 4.75 Å². The maximum Gasteiger partial charge on any atom is 0.133 e. The number of nitrogens with zero attached hydrogens (tertiary/aromatic N) is 1. The van der Waals surface area contributed by atoms with E-state index in [0.29, 0.717) is 0 Å². The van der Waals surface area contributed by atoms with Crippen molar-refractivity contribution in [2.24, 2.45) is 0 Å². The molecule has 0 atom stereocenters. The van der Waals surface area contributed by atoms with Crippen LogP contribution in [0.4, 0.5) is 0 Å². The van der Waals surface area contributed by atoms with E-state index in [9.17, 15) is 0 Å². The van der Waals surface area contributed by atoms with E-state index in [1.807, 2.05) is 0 Å². The SMILES string of the molecule is CCCC(C)(C)SC#N. The van der Waals surface area contributed by atoms with Crippen LogP contribution in [0.2, 0.25) is 0 Å². The molecule has 0 heterocycles. The van der Waals surface area contributed by atoms with Crippen molar-refractivity contribution in [1.29, 1.82) is 5.26 Å². The molecule has 0 aromatic carbocycles. The molecule has 1 nitrogen and oxygen atoms in total.